The lowest BCUT2D eigenvalue weighted by atomic mass is 9.96. The average molecular weight is 460 g/mol. The van der Waals surface area contributed by atoms with Crippen molar-refractivity contribution in [3.8, 4) is 11.3 Å². The van der Waals surface area contributed by atoms with Crippen LogP contribution >= 0.6 is 11.6 Å². The molecule has 2 aromatic carbocycles. The molecule has 1 aliphatic rings. The maximum Gasteiger partial charge on any atom is 0.225 e. The molecule has 5 rings (SSSR count). The zero-order valence-electron chi connectivity index (χ0n) is 18.5. The Morgan fingerprint density at radius 1 is 1.15 bits per heavy atom. The van der Waals surface area contributed by atoms with E-state index in [0.29, 0.717) is 11.6 Å². The van der Waals surface area contributed by atoms with Crippen LogP contribution in [0.15, 0.2) is 73.1 Å². The second kappa shape index (κ2) is 9.24. The molecule has 33 heavy (non-hydrogen) atoms. The average Bonchev–Trinajstić information content (AvgIpc) is 3.29. The van der Waals surface area contributed by atoms with Gasteiger partial charge in [-0.05, 0) is 37.5 Å². The molecule has 1 saturated heterocycles. The van der Waals surface area contributed by atoms with E-state index in [2.05, 4.69) is 15.2 Å². The highest BCUT2D eigenvalue weighted by Gasteiger charge is 2.28. The summed E-state index contributed by atoms with van der Waals surface area (Å²) >= 11 is 6.39. The van der Waals surface area contributed by atoms with Gasteiger partial charge in [-0.3, -0.25) is 4.79 Å². The molecule has 1 N–H and O–H groups in total. The first-order valence-electron chi connectivity index (χ1n) is 11.3. The van der Waals surface area contributed by atoms with Crippen molar-refractivity contribution < 1.29 is 4.79 Å². The number of benzene rings is 2. The van der Waals surface area contributed by atoms with E-state index in [1.807, 2.05) is 78.3 Å². The molecule has 1 aliphatic heterocycles. The maximum atomic E-state index is 13.1. The standard InChI is InChI=1S/C26H26ClN5O/c1-18(19-8-3-2-4-9-19)29-26(33)20-10-7-14-31(17-20)25-24-16-23(30-32(24)15-13-28-25)21-11-5-6-12-22(21)27/h2-6,8-9,11-13,15-16,18,20H,7,10,14,17H2,1H3,(H,29,33)/t18-,20-/m1/s1. The number of carbonyl (C=O) groups excluding carboxylic acids is 1. The van der Waals surface area contributed by atoms with E-state index in [4.69, 9.17) is 16.7 Å². The minimum Gasteiger partial charge on any atom is -0.354 e. The number of nitrogens with one attached hydrogen (secondary N) is 1. The number of hydrogen-bond acceptors (Lipinski definition) is 4. The fourth-order valence-corrected chi connectivity index (χ4v) is 4.72. The van der Waals surface area contributed by atoms with Gasteiger partial charge in [0.05, 0.1) is 22.7 Å². The number of aromatic nitrogens is 3. The highest BCUT2D eigenvalue weighted by Crippen LogP contribution is 2.31. The molecule has 0 spiro atoms. The van der Waals surface area contributed by atoms with Crippen molar-refractivity contribution in [2.75, 3.05) is 18.0 Å². The van der Waals surface area contributed by atoms with Gasteiger partial charge in [-0.15, -0.1) is 0 Å². The number of fused-ring (bicyclic) bond motifs is 1. The van der Waals surface area contributed by atoms with Gasteiger partial charge in [0.15, 0.2) is 5.82 Å². The number of hydrogen-bond donors (Lipinski definition) is 1. The van der Waals surface area contributed by atoms with E-state index in [1.54, 1.807) is 6.20 Å². The monoisotopic (exact) mass is 459 g/mol. The van der Waals surface area contributed by atoms with E-state index in [9.17, 15) is 4.79 Å². The molecule has 1 fully saturated rings. The van der Waals surface area contributed by atoms with Crippen LogP contribution in [0.3, 0.4) is 0 Å². The van der Waals surface area contributed by atoms with E-state index in [1.165, 1.54) is 0 Å². The lowest BCUT2D eigenvalue weighted by Gasteiger charge is -2.33. The first-order chi connectivity index (χ1) is 16.1. The number of nitrogens with zero attached hydrogens (tertiary/aromatic N) is 4. The van der Waals surface area contributed by atoms with Crippen LogP contribution in [0.1, 0.15) is 31.4 Å². The lowest BCUT2D eigenvalue weighted by Crippen LogP contribution is -2.44. The number of amides is 1. The third-order valence-electron chi connectivity index (χ3n) is 6.27. The Bertz CT molecular complexity index is 1270. The molecule has 0 aliphatic carbocycles. The van der Waals surface area contributed by atoms with Crippen molar-refractivity contribution in [3.63, 3.8) is 0 Å². The minimum absolute atomic E-state index is 0.0244. The Kier molecular flexibility index (Phi) is 6.01. The van der Waals surface area contributed by atoms with Gasteiger partial charge in [-0.1, -0.05) is 60.1 Å². The van der Waals surface area contributed by atoms with Crippen molar-refractivity contribution >= 4 is 28.8 Å². The number of carbonyl (C=O) groups is 1. The number of anilines is 1. The largest absolute Gasteiger partial charge is 0.354 e. The van der Waals surface area contributed by atoms with Crippen LogP contribution in [0.25, 0.3) is 16.8 Å². The van der Waals surface area contributed by atoms with Gasteiger partial charge in [0.25, 0.3) is 0 Å². The summed E-state index contributed by atoms with van der Waals surface area (Å²) in [6.45, 7) is 3.52. The van der Waals surface area contributed by atoms with E-state index in [0.717, 1.165) is 47.5 Å². The van der Waals surface area contributed by atoms with Gasteiger partial charge >= 0.3 is 0 Å². The summed E-state index contributed by atoms with van der Waals surface area (Å²) in [5.74, 6) is 0.850. The highest BCUT2D eigenvalue weighted by molar-refractivity contribution is 6.33. The summed E-state index contributed by atoms with van der Waals surface area (Å²) in [4.78, 5) is 19.9. The summed E-state index contributed by atoms with van der Waals surface area (Å²) in [5.41, 5.74) is 3.71. The summed E-state index contributed by atoms with van der Waals surface area (Å²) in [6.07, 6.45) is 5.41. The van der Waals surface area contributed by atoms with Crippen LogP contribution < -0.4 is 10.2 Å². The smallest absolute Gasteiger partial charge is 0.225 e. The Balaban J connectivity index is 1.36. The van der Waals surface area contributed by atoms with Crippen molar-refractivity contribution in [1.82, 2.24) is 19.9 Å². The van der Waals surface area contributed by atoms with Gasteiger partial charge in [0.1, 0.15) is 5.52 Å². The molecule has 2 atom stereocenters. The zero-order chi connectivity index (χ0) is 22.8. The summed E-state index contributed by atoms with van der Waals surface area (Å²) in [7, 11) is 0. The summed E-state index contributed by atoms with van der Waals surface area (Å²) in [5, 5.41) is 8.57. The van der Waals surface area contributed by atoms with E-state index in [-0.39, 0.29) is 17.9 Å². The van der Waals surface area contributed by atoms with Crippen molar-refractivity contribution in [1.29, 1.82) is 0 Å². The lowest BCUT2D eigenvalue weighted by molar-refractivity contribution is -0.125. The third-order valence-corrected chi connectivity index (χ3v) is 6.60. The van der Waals surface area contributed by atoms with Crippen LogP contribution in [0, 0.1) is 5.92 Å². The molecule has 0 bridgehead atoms. The molecular formula is C26H26ClN5O. The van der Waals surface area contributed by atoms with Gasteiger partial charge in [0.2, 0.25) is 5.91 Å². The SMILES string of the molecule is C[C@@H](NC(=O)[C@@H]1CCCN(c2nccn3nc(-c4ccccc4Cl)cc23)C1)c1ccccc1. The number of rotatable bonds is 5. The Morgan fingerprint density at radius 2 is 1.94 bits per heavy atom. The first kappa shape index (κ1) is 21.5. The maximum absolute atomic E-state index is 13.1. The van der Waals surface area contributed by atoms with Crippen LogP contribution in [-0.2, 0) is 4.79 Å². The van der Waals surface area contributed by atoms with Crippen molar-refractivity contribution in [3.05, 3.63) is 83.6 Å². The van der Waals surface area contributed by atoms with Gasteiger partial charge in [0, 0.05) is 31.0 Å². The summed E-state index contributed by atoms with van der Waals surface area (Å²) in [6, 6.07) is 19.7. The molecule has 0 saturated carbocycles. The minimum atomic E-state index is -0.0853. The van der Waals surface area contributed by atoms with Gasteiger partial charge in [-0.2, -0.15) is 5.10 Å². The molecule has 6 nitrogen and oxygen atoms in total. The quantitative estimate of drug-likeness (QED) is 0.448. The van der Waals surface area contributed by atoms with Crippen LogP contribution in [0.2, 0.25) is 5.02 Å². The predicted octanol–water partition coefficient (Wildman–Crippen LogP) is 5.14. The molecule has 1 amide bonds. The second-order valence-corrected chi connectivity index (χ2v) is 8.92. The summed E-state index contributed by atoms with van der Waals surface area (Å²) < 4.78 is 1.84. The molecule has 0 radical (unpaired) electrons. The Labute approximate surface area is 198 Å². The topological polar surface area (TPSA) is 62.5 Å². The van der Waals surface area contributed by atoms with Crippen molar-refractivity contribution in [2.45, 2.75) is 25.8 Å². The number of halogens is 1. The fourth-order valence-electron chi connectivity index (χ4n) is 4.49. The van der Waals surface area contributed by atoms with Gasteiger partial charge in [-0.25, -0.2) is 9.50 Å². The first-order valence-corrected chi connectivity index (χ1v) is 11.7. The number of piperidine rings is 1. The molecule has 7 heteroatoms. The normalized spacial score (nSPS) is 17.2. The van der Waals surface area contributed by atoms with E-state index >= 15 is 0 Å². The van der Waals surface area contributed by atoms with Crippen molar-refractivity contribution in [2.24, 2.45) is 5.92 Å². The van der Waals surface area contributed by atoms with Crippen LogP contribution in [-0.4, -0.2) is 33.6 Å². The molecule has 3 heterocycles. The van der Waals surface area contributed by atoms with E-state index < -0.39 is 0 Å². The second-order valence-electron chi connectivity index (χ2n) is 8.52. The Hall–Kier alpha value is -3.38. The predicted molar refractivity (Wildman–Crippen MR) is 131 cm³/mol. The molecule has 4 aromatic rings. The van der Waals surface area contributed by atoms with Crippen LogP contribution in [0.4, 0.5) is 5.82 Å². The van der Waals surface area contributed by atoms with Gasteiger partial charge < -0.3 is 10.2 Å². The fraction of sp³-hybridized carbons (Fsp3) is 0.269. The van der Waals surface area contributed by atoms with Crippen LogP contribution in [0.5, 0.6) is 0 Å². The molecule has 0 unspecified atom stereocenters. The molecule has 168 valence electrons. The molecule has 2 aromatic heterocycles. The highest BCUT2D eigenvalue weighted by atomic mass is 35.5. The zero-order valence-corrected chi connectivity index (χ0v) is 19.2. The Morgan fingerprint density at radius 3 is 2.76 bits per heavy atom. The third kappa shape index (κ3) is 4.44. The molecular weight excluding hydrogens is 434 g/mol.